The van der Waals surface area contributed by atoms with E-state index in [1.165, 1.54) is 59.6 Å². The molecule has 2 saturated carbocycles. The zero-order chi connectivity index (χ0) is 80.1. The van der Waals surface area contributed by atoms with Crippen LogP contribution in [0.25, 0.3) is 10.9 Å². The number of hydrogen-bond acceptors (Lipinski definition) is 19. The van der Waals surface area contributed by atoms with Gasteiger partial charge in [0.05, 0.1) is 11.6 Å². The van der Waals surface area contributed by atoms with Gasteiger partial charge in [-0.2, -0.15) is 0 Å². The highest BCUT2D eigenvalue weighted by Gasteiger charge is 2.40. The molecule has 0 bridgehead atoms. The van der Waals surface area contributed by atoms with Crippen molar-refractivity contribution in [3.05, 3.63) is 100 Å². The molecule has 3 fully saturated rings. The van der Waals surface area contributed by atoms with E-state index in [1.54, 1.807) is 0 Å². The van der Waals surface area contributed by atoms with Crippen LogP contribution >= 0.6 is 33.2 Å². The minimum absolute atomic E-state index is 0.0101. The number of H-pyrrole nitrogens is 1. The summed E-state index contributed by atoms with van der Waals surface area (Å²) in [5.74, 6) is -18.4. The van der Waals surface area contributed by atoms with E-state index < -0.39 is 224 Å². The minimum atomic E-state index is -1.84. The first kappa shape index (κ1) is 86.9. The third kappa shape index (κ3) is 27.3. The standard InChI is InChI=1S/C71H94ClF2N17O17S2/c72-45-12-5-9-39(60(45)74)30-51-67(105)84-47(13-6-27-80-71(77)78)63(101)79-28-25-55(93)82-48(20-22-58(96)97)64(102)86-52(31-40-33-81-46-19-16-41(73)32-44(40)46)68(106)85-49(21-23-59(98)99)65(103)88-53(62(76)100)35-109-110-36-54(69(107)90-61(70(108)87-51)38-7-1-2-8-38)89-66(104)50(29-37-14-17-43(92)18-15-37)83-56(94)34-91(57(95)24-26-75)42-10-3-4-11-42/h5,9,12,14-19,32-33,38,42,47-54,61,81,92H,1-4,6-8,10-11,13,20-31,34-36,75H2,(H2,76,100)(H,79,101)(H,82,93)(H,83,94)(H,84,105)(H,85,106)(H,86,102)(H,87,108)(H,88,103)(H,89,104)(H,90,107)(H,96,97)(H,98,99)(H4,77,78,80)/t47-,48-,49-,50-,51-,52-,53-,54-,61-/m0/s1. The number of carbonyl (C=O) groups excluding carboxylic acids is 12. The van der Waals surface area contributed by atoms with E-state index in [9.17, 15) is 72.4 Å². The molecule has 1 aliphatic heterocycles. The number of aromatic hydroxyl groups is 1. The van der Waals surface area contributed by atoms with Crippen LogP contribution in [-0.2, 0) is 86.4 Å². The van der Waals surface area contributed by atoms with E-state index in [-0.39, 0.29) is 78.1 Å². The number of hydrogen-bond donors (Lipinski definition) is 18. The highest BCUT2D eigenvalue weighted by Crippen LogP contribution is 2.30. The second-order valence-corrected chi connectivity index (χ2v) is 29.9. The summed E-state index contributed by atoms with van der Waals surface area (Å²) < 4.78 is 30.8. The van der Waals surface area contributed by atoms with Crippen molar-refractivity contribution in [1.29, 1.82) is 0 Å². The summed E-state index contributed by atoms with van der Waals surface area (Å²) in [6.07, 6.45) is 0.846. The molecule has 9 atom stereocenters. The Bertz CT molecular complexity index is 4000. The van der Waals surface area contributed by atoms with Crippen molar-refractivity contribution in [2.75, 3.05) is 37.7 Å². The van der Waals surface area contributed by atoms with Gasteiger partial charge in [0.1, 0.15) is 71.8 Å². The first-order chi connectivity index (χ1) is 52.5. The summed E-state index contributed by atoms with van der Waals surface area (Å²) >= 11 is 6.23. The maximum atomic E-state index is 16.0. The smallest absolute Gasteiger partial charge is 0.303 e. The lowest BCUT2D eigenvalue weighted by Crippen LogP contribution is -2.61. The van der Waals surface area contributed by atoms with E-state index in [4.69, 9.17) is 34.5 Å². The van der Waals surface area contributed by atoms with Gasteiger partial charge in [0.2, 0.25) is 70.9 Å². The van der Waals surface area contributed by atoms with Crippen LogP contribution in [0.5, 0.6) is 5.75 Å². The number of aliphatic imine (C=N–C) groups is 1. The van der Waals surface area contributed by atoms with E-state index in [1.807, 2.05) is 0 Å². The van der Waals surface area contributed by atoms with Crippen molar-refractivity contribution in [2.24, 2.45) is 33.8 Å². The maximum Gasteiger partial charge on any atom is 0.303 e. The number of halogens is 3. The third-order valence-electron chi connectivity index (χ3n) is 18.8. The highest BCUT2D eigenvalue weighted by atomic mass is 35.5. The van der Waals surface area contributed by atoms with Gasteiger partial charge in [0, 0.05) is 99.2 Å². The number of phenols is 1. The number of aromatic amines is 1. The first-order valence-corrected chi connectivity index (χ1v) is 38.8. The van der Waals surface area contributed by atoms with Gasteiger partial charge in [-0.25, -0.2) is 8.78 Å². The van der Waals surface area contributed by atoms with Crippen LogP contribution in [0.3, 0.4) is 0 Å². The van der Waals surface area contributed by atoms with Gasteiger partial charge in [-0.1, -0.05) is 83.1 Å². The molecule has 39 heteroatoms. The van der Waals surface area contributed by atoms with Crippen molar-refractivity contribution >= 4 is 133 Å². The summed E-state index contributed by atoms with van der Waals surface area (Å²) in [5.41, 5.74) is 23.6. The number of carbonyl (C=O) groups is 14. The Kier molecular flexibility index (Phi) is 34.1. The predicted octanol–water partition coefficient (Wildman–Crippen LogP) is -0.324. The molecule has 2 heterocycles. The predicted molar refractivity (Wildman–Crippen MR) is 401 cm³/mol. The Morgan fingerprint density at radius 1 is 0.664 bits per heavy atom. The summed E-state index contributed by atoms with van der Waals surface area (Å²) in [6.45, 7) is -1.11. The number of primary amides is 1. The van der Waals surface area contributed by atoms with Gasteiger partial charge in [-0.05, 0) is 110 Å². The molecule has 0 spiro atoms. The van der Waals surface area contributed by atoms with E-state index in [2.05, 4.69) is 63.1 Å². The normalized spacial score (nSPS) is 21.9. The molecule has 3 aromatic carbocycles. The van der Waals surface area contributed by atoms with Crippen LogP contribution < -0.4 is 76.1 Å². The number of carboxylic acids is 2. The lowest BCUT2D eigenvalue weighted by molar-refractivity contribution is -0.139. The third-order valence-corrected chi connectivity index (χ3v) is 21.5. The van der Waals surface area contributed by atoms with Crippen LogP contribution in [0.15, 0.2) is 71.9 Å². The Balaban J connectivity index is 1.29. The average Bonchev–Trinajstić information content (AvgIpc) is 1.69. The Labute approximate surface area is 643 Å². The second kappa shape index (κ2) is 43.2. The molecule has 3 aliphatic rings. The summed E-state index contributed by atoms with van der Waals surface area (Å²) in [5, 5.41) is 55.3. The van der Waals surface area contributed by atoms with Gasteiger partial charge in [0.25, 0.3) is 0 Å². The van der Waals surface area contributed by atoms with Crippen LogP contribution in [-0.4, -0.2) is 212 Å². The fraction of sp³-hybridized carbons (Fsp3) is 0.507. The Morgan fingerprint density at radius 3 is 1.89 bits per heavy atom. The molecule has 110 heavy (non-hydrogen) atoms. The van der Waals surface area contributed by atoms with Crippen LogP contribution in [0.2, 0.25) is 5.02 Å². The molecule has 12 amide bonds. The van der Waals surface area contributed by atoms with Crippen LogP contribution in [0.1, 0.15) is 119 Å². The molecule has 22 N–H and O–H groups in total. The fourth-order valence-electron chi connectivity index (χ4n) is 13.0. The number of carboxylic acid groups (broad SMARTS) is 2. The van der Waals surface area contributed by atoms with Gasteiger partial charge >= 0.3 is 11.9 Å². The Hall–Kier alpha value is -10.3. The second-order valence-electron chi connectivity index (χ2n) is 27.0. The largest absolute Gasteiger partial charge is 0.508 e. The molecular formula is C71H94ClF2N17O17S2. The van der Waals surface area contributed by atoms with Crippen molar-refractivity contribution in [1.82, 2.24) is 63.1 Å². The number of benzene rings is 3. The zero-order valence-corrected chi connectivity index (χ0v) is 62.5. The quantitative estimate of drug-likeness (QED) is 0.0166. The van der Waals surface area contributed by atoms with E-state index in [0.29, 0.717) is 49.6 Å². The molecule has 4 aromatic rings. The Morgan fingerprint density at radius 2 is 1.25 bits per heavy atom. The number of rotatable bonds is 26. The van der Waals surface area contributed by atoms with Crippen molar-refractivity contribution in [2.45, 2.75) is 182 Å². The molecule has 1 aromatic heterocycles. The first-order valence-electron chi connectivity index (χ1n) is 35.9. The van der Waals surface area contributed by atoms with Gasteiger partial charge < -0.3 is 101 Å². The molecule has 2 aliphatic carbocycles. The van der Waals surface area contributed by atoms with Crippen LogP contribution in [0, 0.1) is 17.6 Å². The average molecular weight is 1600 g/mol. The fourth-order valence-corrected chi connectivity index (χ4v) is 15.5. The van der Waals surface area contributed by atoms with Gasteiger partial charge in [0.15, 0.2) is 5.96 Å². The molecule has 34 nitrogen and oxygen atoms in total. The van der Waals surface area contributed by atoms with Crippen molar-refractivity contribution in [3.8, 4) is 5.75 Å². The summed E-state index contributed by atoms with van der Waals surface area (Å²) in [7, 11) is 1.62. The molecule has 7 rings (SSSR count). The monoisotopic (exact) mass is 1590 g/mol. The molecular weight excluding hydrogens is 1500 g/mol. The van der Waals surface area contributed by atoms with Crippen LogP contribution in [0.4, 0.5) is 8.78 Å². The molecule has 598 valence electrons. The molecule has 1 saturated heterocycles. The lowest BCUT2D eigenvalue weighted by Gasteiger charge is -2.30. The van der Waals surface area contributed by atoms with E-state index in [0.717, 1.165) is 46.6 Å². The number of fused-ring (bicyclic) bond motifs is 1. The maximum absolute atomic E-state index is 16.0. The number of guanidine groups is 1. The summed E-state index contributed by atoms with van der Waals surface area (Å²) in [6, 6.07) is -2.28. The number of aromatic nitrogens is 1. The number of phenolic OH excluding ortho intramolecular Hbond substituents is 1. The number of nitrogens with one attached hydrogen (secondary N) is 11. The molecule has 0 unspecified atom stereocenters. The van der Waals surface area contributed by atoms with Gasteiger partial charge in [-0.3, -0.25) is 72.1 Å². The number of nitrogens with two attached hydrogens (primary N) is 4. The zero-order valence-electron chi connectivity index (χ0n) is 60.1. The lowest BCUT2D eigenvalue weighted by atomic mass is 9.95. The summed E-state index contributed by atoms with van der Waals surface area (Å²) in [4.78, 5) is 206. The number of aliphatic carboxylic acids is 2. The highest BCUT2D eigenvalue weighted by molar-refractivity contribution is 8.76. The van der Waals surface area contributed by atoms with E-state index >= 15 is 18.8 Å². The SMILES string of the molecule is NCCC(=O)N(CC(=O)N[C@@H](Cc1ccc(O)cc1)C(=O)N[C@H]1CSSC[C@@H](C(N)=O)NC(=O)[C@H](CCC(=O)O)NC(=O)[C@H](Cc2c[nH]c3ccc(F)cc23)NC(=O)[C@H](CCC(=O)O)NC(=O)CCNC(=O)[C@H](CCCN=C(N)N)NC(=O)[C@H](Cc2cccc(Cl)c2F)NC(=O)[C@H](C2CCCC2)NC1=O)C1CCCC1. The van der Waals surface area contributed by atoms with Crippen molar-refractivity contribution < 1.29 is 91.2 Å². The van der Waals surface area contributed by atoms with Crippen molar-refractivity contribution in [3.63, 3.8) is 0 Å². The van der Waals surface area contributed by atoms with Gasteiger partial charge in [-0.15, -0.1) is 0 Å². The minimum Gasteiger partial charge on any atom is -0.508 e. The topological polar surface area (TPSA) is 555 Å². The number of nitrogens with zero attached hydrogens (tertiary/aromatic N) is 2. The molecule has 0 radical (unpaired) electrons. The number of amides is 12.